The summed E-state index contributed by atoms with van der Waals surface area (Å²) in [5.74, 6) is -3.25. The van der Waals surface area contributed by atoms with E-state index in [1.54, 1.807) is 0 Å². The molecule has 0 aliphatic carbocycles. The SMILES string of the molecule is CC(C)C[C@H](NC(=O)[C@@H]1CCCN1)C(=O)N[C@@H](CC(C)C)C(=O)N[C@@H](CCCN=C(N)N)C(=O)NCC(=O)O. The molecule has 1 rings (SSSR count). The average Bonchev–Trinajstić information content (AvgIpc) is 3.38. The zero-order valence-corrected chi connectivity index (χ0v) is 23.4. The van der Waals surface area contributed by atoms with Gasteiger partial charge < -0.3 is 43.2 Å². The molecular formula is C25H46N8O6. The summed E-state index contributed by atoms with van der Waals surface area (Å²) in [7, 11) is 0. The summed E-state index contributed by atoms with van der Waals surface area (Å²) >= 11 is 0. The van der Waals surface area contributed by atoms with Crippen molar-refractivity contribution in [3.05, 3.63) is 0 Å². The van der Waals surface area contributed by atoms with Gasteiger partial charge in [-0.05, 0) is 56.9 Å². The molecule has 1 heterocycles. The van der Waals surface area contributed by atoms with Crippen molar-refractivity contribution in [1.29, 1.82) is 0 Å². The third kappa shape index (κ3) is 13.8. The Bertz CT molecular complexity index is 869. The number of nitrogens with two attached hydrogens (primary N) is 2. The molecule has 4 atom stereocenters. The Kier molecular flexibility index (Phi) is 14.8. The number of guanidine groups is 1. The molecular weight excluding hydrogens is 508 g/mol. The lowest BCUT2D eigenvalue weighted by molar-refractivity contribution is -0.138. The highest BCUT2D eigenvalue weighted by atomic mass is 16.4. The molecule has 0 saturated carbocycles. The summed E-state index contributed by atoms with van der Waals surface area (Å²) in [5.41, 5.74) is 10.7. The first-order chi connectivity index (χ1) is 18.3. The van der Waals surface area contributed by atoms with E-state index in [9.17, 15) is 24.0 Å². The molecule has 14 nitrogen and oxygen atoms in total. The fourth-order valence-electron chi connectivity index (χ4n) is 4.19. The van der Waals surface area contributed by atoms with Gasteiger partial charge in [-0.3, -0.25) is 29.0 Å². The molecule has 0 aromatic rings. The largest absolute Gasteiger partial charge is 0.480 e. The van der Waals surface area contributed by atoms with E-state index in [0.29, 0.717) is 19.3 Å². The van der Waals surface area contributed by atoms with Crippen molar-refractivity contribution in [2.24, 2.45) is 28.3 Å². The predicted octanol–water partition coefficient (Wildman–Crippen LogP) is -1.46. The Morgan fingerprint density at radius 1 is 0.897 bits per heavy atom. The Morgan fingerprint density at radius 3 is 1.95 bits per heavy atom. The number of nitrogens with one attached hydrogen (secondary N) is 5. The minimum absolute atomic E-state index is 0.0167. The van der Waals surface area contributed by atoms with Crippen LogP contribution >= 0.6 is 0 Å². The van der Waals surface area contributed by atoms with Gasteiger partial charge in [-0.25, -0.2) is 0 Å². The van der Waals surface area contributed by atoms with Crippen LogP contribution in [0.1, 0.15) is 66.2 Å². The van der Waals surface area contributed by atoms with Crippen LogP contribution in [0.3, 0.4) is 0 Å². The van der Waals surface area contributed by atoms with E-state index in [1.165, 1.54) is 0 Å². The van der Waals surface area contributed by atoms with Crippen molar-refractivity contribution in [2.75, 3.05) is 19.6 Å². The molecule has 39 heavy (non-hydrogen) atoms. The molecule has 222 valence electrons. The van der Waals surface area contributed by atoms with Gasteiger partial charge in [0.25, 0.3) is 0 Å². The van der Waals surface area contributed by atoms with Gasteiger partial charge in [0.05, 0.1) is 6.04 Å². The van der Waals surface area contributed by atoms with Gasteiger partial charge in [0.2, 0.25) is 23.6 Å². The van der Waals surface area contributed by atoms with E-state index in [-0.39, 0.29) is 49.1 Å². The summed E-state index contributed by atoms with van der Waals surface area (Å²) in [4.78, 5) is 66.7. The van der Waals surface area contributed by atoms with Crippen molar-refractivity contribution >= 4 is 35.6 Å². The quantitative estimate of drug-likeness (QED) is 0.0595. The highest BCUT2D eigenvalue weighted by Crippen LogP contribution is 2.11. The fraction of sp³-hybridized carbons (Fsp3) is 0.760. The first kappa shape index (κ1) is 33.6. The molecule has 0 aromatic carbocycles. The zero-order valence-electron chi connectivity index (χ0n) is 23.4. The summed E-state index contributed by atoms with van der Waals surface area (Å²) in [5, 5.41) is 22.5. The van der Waals surface area contributed by atoms with Crippen molar-refractivity contribution < 1.29 is 29.1 Å². The van der Waals surface area contributed by atoms with Crippen LogP contribution in [0, 0.1) is 11.8 Å². The molecule has 1 saturated heterocycles. The van der Waals surface area contributed by atoms with E-state index in [4.69, 9.17) is 16.6 Å². The molecule has 10 N–H and O–H groups in total. The fourth-order valence-corrected chi connectivity index (χ4v) is 4.19. The third-order valence-electron chi connectivity index (χ3n) is 6.05. The standard InChI is InChI=1S/C25H46N8O6/c1-14(2)11-18(33-24(39)19(12-15(3)4)32-22(37)16-7-5-9-28-16)23(38)31-17(8-6-10-29-25(26)27)21(36)30-13-20(34)35/h14-19,28H,5-13H2,1-4H3,(H,30,36)(H,31,38)(H,32,37)(H,33,39)(H,34,35)(H4,26,27,29)/t16-,17-,18-,19-/m0/s1. The van der Waals surface area contributed by atoms with Gasteiger partial charge in [-0.2, -0.15) is 0 Å². The number of aliphatic carboxylic acids is 1. The number of hydrogen-bond donors (Lipinski definition) is 8. The Hall–Kier alpha value is -3.42. The average molecular weight is 555 g/mol. The van der Waals surface area contributed by atoms with Gasteiger partial charge in [0, 0.05) is 6.54 Å². The first-order valence-corrected chi connectivity index (χ1v) is 13.5. The van der Waals surface area contributed by atoms with E-state index < -0.39 is 48.4 Å². The second-order valence-electron chi connectivity index (χ2n) is 10.7. The molecule has 1 aliphatic rings. The summed E-state index contributed by atoms with van der Waals surface area (Å²) in [6.07, 6.45) is 2.70. The monoisotopic (exact) mass is 554 g/mol. The van der Waals surface area contributed by atoms with E-state index in [1.807, 2.05) is 27.7 Å². The topological polar surface area (TPSA) is 230 Å². The van der Waals surface area contributed by atoms with Gasteiger partial charge in [0.1, 0.15) is 24.7 Å². The maximum Gasteiger partial charge on any atom is 0.322 e. The van der Waals surface area contributed by atoms with Crippen molar-refractivity contribution in [2.45, 2.75) is 90.4 Å². The minimum Gasteiger partial charge on any atom is -0.480 e. The number of aliphatic imine (C=N–C) groups is 1. The second-order valence-corrected chi connectivity index (χ2v) is 10.7. The number of nitrogens with zero attached hydrogens (tertiary/aromatic N) is 1. The van der Waals surface area contributed by atoms with Crippen LogP contribution in [0.25, 0.3) is 0 Å². The van der Waals surface area contributed by atoms with Crippen molar-refractivity contribution in [3.8, 4) is 0 Å². The molecule has 4 amide bonds. The molecule has 1 aliphatic heterocycles. The number of carboxylic acid groups (broad SMARTS) is 1. The number of carbonyl (C=O) groups excluding carboxylic acids is 4. The van der Waals surface area contributed by atoms with Crippen molar-refractivity contribution in [3.63, 3.8) is 0 Å². The molecule has 0 unspecified atom stereocenters. The number of hydrogen-bond acceptors (Lipinski definition) is 7. The highest BCUT2D eigenvalue weighted by Gasteiger charge is 2.32. The third-order valence-corrected chi connectivity index (χ3v) is 6.05. The first-order valence-electron chi connectivity index (χ1n) is 13.5. The van der Waals surface area contributed by atoms with E-state index in [0.717, 1.165) is 13.0 Å². The molecule has 0 bridgehead atoms. The number of carboxylic acids is 1. The minimum atomic E-state index is -1.23. The lowest BCUT2D eigenvalue weighted by Crippen LogP contribution is -2.58. The lowest BCUT2D eigenvalue weighted by Gasteiger charge is -2.27. The van der Waals surface area contributed by atoms with Gasteiger partial charge >= 0.3 is 5.97 Å². The Morgan fingerprint density at radius 2 is 1.46 bits per heavy atom. The number of carbonyl (C=O) groups is 5. The lowest BCUT2D eigenvalue weighted by atomic mass is 9.99. The van der Waals surface area contributed by atoms with Crippen LogP contribution in [-0.4, -0.2) is 84.5 Å². The molecule has 0 spiro atoms. The normalized spacial score (nSPS) is 17.1. The van der Waals surface area contributed by atoms with Crippen LogP contribution < -0.4 is 38.1 Å². The summed E-state index contributed by atoms with van der Waals surface area (Å²) < 4.78 is 0. The van der Waals surface area contributed by atoms with Crippen molar-refractivity contribution in [1.82, 2.24) is 26.6 Å². The van der Waals surface area contributed by atoms with Crippen LogP contribution in [-0.2, 0) is 24.0 Å². The maximum atomic E-state index is 13.3. The Labute approximate surface area is 229 Å². The molecule has 0 aromatic heterocycles. The number of amides is 4. The van der Waals surface area contributed by atoms with Crippen LogP contribution in [0.2, 0.25) is 0 Å². The zero-order chi connectivity index (χ0) is 29.5. The second kappa shape index (κ2) is 17.2. The van der Waals surface area contributed by atoms with Gasteiger partial charge in [-0.15, -0.1) is 0 Å². The molecule has 14 heteroatoms. The van der Waals surface area contributed by atoms with Gasteiger partial charge in [-0.1, -0.05) is 27.7 Å². The summed E-state index contributed by atoms with van der Waals surface area (Å²) in [6.45, 7) is 7.97. The van der Waals surface area contributed by atoms with Crippen LogP contribution in [0.15, 0.2) is 4.99 Å². The van der Waals surface area contributed by atoms with Crippen LogP contribution in [0.5, 0.6) is 0 Å². The van der Waals surface area contributed by atoms with Gasteiger partial charge in [0.15, 0.2) is 5.96 Å². The number of rotatable bonds is 17. The van der Waals surface area contributed by atoms with E-state index >= 15 is 0 Å². The summed E-state index contributed by atoms with van der Waals surface area (Å²) in [6, 6.07) is -3.25. The predicted molar refractivity (Wildman–Crippen MR) is 146 cm³/mol. The van der Waals surface area contributed by atoms with Crippen LogP contribution in [0.4, 0.5) is 0 Å². The Balaban J connectivity index is 3.00. The molecule has 1 fully saturated rings. The van der Waals surface area contributed by atoms with E-state index in [2.05, 4.69) is 31.6 Å². The maximum absolute atomic E-state index is 13.3. The highest BCUT2D eigenvalue weighted by molar-refractivity contribution is 5.95. The molecule has 0 radical (unpaired) electrons. The smallest absolute Gasteiger partial charge is 0.322 e.